The van der Waals surface area contributed by atoms with E-state index in [1.165, 1.54) is 14.2 Å². The first-order chi connectivity index (χ1) is 11.2. The van der Waals surface area contributed by atoms with Gasteiger partial charge < -0.3 is 14.8 Å². The molecule has 1 aromatic heterocycles. The van der Waals surface area contributed by atoms with Gasteiger partial charge in [0.05, 0.1) is 20.3 Å². The Balaban J connectivity index is 2.28. The van der Waals surface area contributed by atoms with Crippen molar-refractivity contribution in [3.63, 3.8) is 0 Å². The maximum atomic E-state index is 12.7. The molecular weight excluding hydrogens is 327 g/mol. The molecular formula is C15H16F3N3O3. The molecule has 0 saturated carbocycles. The Hall–Kier alpha value is -2.71. The molecule has 1 heterocycles. The zero-order chi connectivity index (χ0) is 17.9. The van der Waals surface area contributed by atoms with Gasteiger partial charge in [0.15, 0.2) is 17.2 Å². The highest BCUT2D eigenvalue weighted by Crippen LogP contribution is 2.31. The minimum atomic E-state index is -4.70. The van der Waals surface area contributed by atoms with Crippen LogP contribution in [0.25, 0.3) is 0 Å². The fourth-order valence-corrected chi connectivity index (χ4v) is 2.08. The quantitative estimate of drug-likeness (QED) is 0.873. The number of ether oxygens (including phenoxy) is 2. The smallest absolute Gasteiger partial charge is 0.433 e. The Morgan fingerprint density at radius 1 is 1.17 bits per heavy atom. The summed E-state index contributed by atoms with van der Waals surface area (Å²) in [7, 11) is 2.97. The summed E-state index contributed by atoms with van der Waals surface area (Å²) in [6, 6.07) is 5.06. The summed E-state index contributed by atoms with van der Waals surface area (Å²) in [5, 5.41) is 2.74. The van der Waals surface area contributed by atoms with Crippen molar-refractivity contribution in [1.82, 2.24) is 9.97 Å². The molecule has 1 atom stereocenters. The molecule has 0 aliphatic carbocycles. The minimum Gasteiger partial charge on any atom is -0.493 e. The summed E-state index contributed by atoms with van der Waals surface area (Å²) in [6.07, 6.45) is -4.70. The lowest BCUT2D eigenvalue weighted by molar-refractivity contribution is -0.141. The number of halogens is 3. The first-order valence-electron chi connectivity index (χ1n) is 6.91. The number of nitrogens with one attached hydrogen (secondary N) is 2. The molecule has 0 radical (unpaired) electrons. The van der Waals surface area contributed by atoms with Gasteiger partial charge >= 0.3 is 6.18 Å². The molecule has 1 aromatic carbocycles. The number of benzene rings is 1. The second kappa shape index (κ2) is 6.81. The van der Waals surface area contributed by atoms with E-state index < -0.39 is 23.5 Å². The van der Waals surface area contributed by atoms with Crippen LogP contribution in [0.5, 0.6) is 11.5 Å². The van der Waals surface area contributed by atoms with Gasteiger partial charge in [-0.15, -0.1) is 0 Å². The molecule has 24 heavy (non-hydrogen) atoms. The molecule has 0 spiro atoms. The van der Waals surface area contributed by atoms with E-state index in [1.807, 2.05) is 0 Å². The van der Waals surface area contributed by atoms with Gasteiger partial charge in [0, 0.05) is 6.07 Å². The first kappa shape index (κ1) is 17.6. The molecule has 9 heteroatoms. The molecule has 2 N–H and O–H groups in total. The average molecular weight is 343 g/mol. The van der Waals surface area contributed by atoms with Crippen LogP contribution in [-0.2, 0) is 6.18 Å². The van der Waals surface area contributed by atoms with Crippen molar-refractivity contribution < 1.29 is 22.6 Å². The van der Waals surface area contributed by atoms with Gasteiger partial charge in [-0.25, -0.2) is 4.98 Å². The SMILES string of the molecule is COc1ccc(C(C)Nc2nc(C(F)(F)F)cc(=O)[nH]2)cc1OC. The first-order valence-corrected chi connectivity index (χ1v) is 6.91. The Morgan fingerprint density at radius 2 is 1.83 bits per heavy atom. The summed E-state index contributed by atoms with van der Waals surface area (Å²) in [5.41, 5.74) is -1.43. The third-order valence-corrected chi connectivity index (χ3v) is 3.29. The lowest BCUT2D eigenvalue weighted by atomic mass is 10.1. The number of aromatic amines is 1. The van der Waals surface area contributed by atoms with Crippen LogP contribution in [-0.4, -0.2) is 24.2 Å². The van der Waals surface area contributed by atoms with Crippen molar-refractivity contribution in [2.24, 2.45) is 0 Å². The van der Waals surface area contributed by atoms with Crippen molar-refractivity contribution in [1.29, 1.82) is 0 Å². The zero-order valence-electron chi connectivity index (χ0n) is 13.2. The summed E-state index contributed by atoms with van der Waals surface area (Å²) >= 11 is 0. The van der Waals surface area contributed by atoms with Crippen LogP contribution in [0.15, 0.2) is 29.1 Å². The van der Waals surface area contributed by atoms with E-state index in [-0.39, 0.29) is 5.95 Å². The maximum Gasteiger partial charge on any atom is 0.433 e. The second-order valence-electron chi connectivity index (χ2n) is 4.96. The third kappa shape index (κ3) is 3.98. The normalized spacial score (nSPS) is 12.6. The average Bonchev–Trinajstić information content (AvgIpc) is 2.52. The van der Waals surface area contributed by atoms with Crippen molar-refractivity contribution in [3.05, 3.63) is 45.9 Å². The van der Waals surface area contributed by atoms with Crippen molar-refractivity contribution in [2.75, 3.05) is 19.5 Å². The van der Waals surface area contributed by atoms with Crippen molar-refractivity contribution in [3.8, 4) is 11.5 Å². The van der Waals surface area contributed by atoms with Gasteiger partial charge in [0.25, 0.3) is 5.56 Å². The summed E-state index contributed by atoms with van der Waals surface area (Å²) < 4.78 is 48.5. The van der Waals surface area contributed by atoms with E-state index in [4.69, 9.17) is 9.47 Å². The molecule has 130 valence electrons. The Morgan fingerprint density at radius 3 is 2.42 bits per heavy atom. The topological polar surface area (TPSA) is 76.2 Å². The Labute approximate surface area is 135 Å². The summed E-state index contributed by atoms with van der Waals surface area (Å²) in [4.78, 5) is 17.0. The molecule has 2 rings (SSSR count). The number of hydrogen-bond acceptors (Lipinski definition) is 5. The van der Waals surface area contributed by atoms with Gasteiger partial charge in [0.1, 0.15) is 0 Å². The van der Waals surface area contributed by atoms with E-state index in [0.717, 1.165) is 0 Å². The largest absolute Gasteiger partial charge is 0.493 e. The predicted molar refractivity (Wildman–Crippen MR) is 81.4 cm³/mol. The number of anilines is 1. The lowest BCUT2D eigenvalue weighted by Gasteiger charge is -2.17. The highest BCUT2D eigenvalue weighted by atomic mass is 19.4. The molecule has 2 aromatic rings. The van der Waals surface area contributed by atoms with Crippen LogP contribution in [0.4, 0.5) is 19.1 Å². The molecule has 0 amide bonds. The van der Waals surface area contributed by atoms with Crippen molar-refractivity contribution >= 4 is 5.95 Å². The number of H-pyrrole nitrogens is 1. The van der Waals surface area contributed by atoms with Crippen LogP contribution in [0, 0.1) is 0 Å². The fourth-order valence-electron chi connectivity index (χ4n) is 2.08. The van der Waals surface area contributed by atoms with Crippen LogP contribution in [0.3, 0.4) is 0 Å². The summed E-state index contributed by atoms with van der Waals surface area (Å²) in [5.74, 6) is 0.741. The highest BCUT2D eigenvalue weighted by Gasteiger charge is 2.33. The number of nitrogens with zero attached hydrogens (tertiary/aromatic N) is 1. The monoisotopic (exact) mass is 343 g/mol. The molecule has 0 aliphatic heterocycles. The molecule has 1 unspecified atom stereocenters. The summed E-state index contributed by atoms with van der Waals surface area (Å²) in [6.45, 7) is 1.71. The van der Waals surface area contributed by atoms with Gasteiger partial charge in [0.2, 0.25) is 5.95 Å². The van der Waals surface area contributed by atoms with E-state index in [9.17, 15) is 18.0 Å². The van der Waals surface area contributed by atoms with Gasteiger partial charge in [-0.05, 0) is 24.6 Å². The lowest BCUT2D eigenvalue weighted by Crippen LogP contribution is -2.20. The molecule has 0 fully saturated rings. The number of hydrogen-bond donors (Lipinski definition) is 2. The number of aromatic nitrogens is 2. The van der Waals surface area contributed by atoms with Crippen LogP contribution < -0.4 is 20.3 Å². The molecule has 6 nitrogen and oxygen atoms in total. The van der Waals surface area contributed by atoms with E-state index in [1.54, 1.807) is 25.1 Å². The minimum absolute atomic E-state index is 0.267. The predicted octanol–water partition coefficient (Wildman–Crippen LogP) is 2.98. The molecule has 0 aliphatic rings. The fraction of sp³-hybridized carbons (Fsp3) is 0.333. The van der Waals surface area contributed by atoms with E-state index in [2.05, 4.69) is 15.3 Å². The standard InChI is InChI=1S/C15H16F3N3O3/c1-8(9-4-5-10(23-2)11(6-9)24-3)19-14-20-12(15(16,17)18)7-13(22)21-14/h4-8H,1-3H3,(H2,19,20,21,22). The van der Waals surface area contributed by atoms with Crippen LogP contribution in [0.2, 0.25) is 0 Å². The second-order valence-corrected chi connectivity index (χ2v) is 4.96. The van der Waals surface area contributed by atoms with E-state index >= 15 is 0 Å². The maximum absolute atomic E-state index is 12.7. The van der Waals surface area contributed by atoms with Crippen LogP contribution >= 0.6 is 0 Å². The number of methoxy groups -OCH3 is 2. The van der Waals surface area contributed by atoms with Gasteiger partial charge in [-0.3, -0.25) is 9.78 Å². The molecule has 0 saturated heterocycles. The van der Waals surface area contributed by atoms with E-state index in [0.29, 0.717) is 23.1 Å². The molecule has 0 bridgehead atoms. The highest BCUT2D eigenvalue weighted by molar-refractivity contribution is 5.45. The number of alkyl halides is 3. The Bertz CT molecular complexity index is 775. The third-order valence-electron chi connectivity index (χ3n) is 3.29. The van der Waals surface area contributed by atoms with Gasteiger partial charge in [-0.1, -0.05) is 6.07 Å². The van der Waals surface area contributed by atoms with Crippen LogP contribution in [0.1, 0.15) is 24.2 Å². The number of rotatable bonds is 5. The Kier molecular flexibility index (Phi) is 5.01. The van der Waals surface area contributed by atoms with Crippen molar-refractivity contribution in [2.45, 2.75) is 19.1 Å². The van der Waals surface area contributed by atoms with Gasteiger partial charge in [-0.2, -0.15) is 13.2 Å². The zero-order valence-corrected chi connectivity index (χ0v) is 13.2.